The molecule has 0 aromatic heterocycles. The topological polar surface area (TPSA) is 0 Å². The molecule has 0 amide bonds. The summed E-state index contributed by atoms with van der Waals surface area (Å²) in [6, 6.07) is 125. The second kappa shape index (κ2) is 40.7. The molecule has 0 N–H and O–H groups in total. The van der Waals surface area contributed by atoms with E-state index >= 15 is 0 Å². The average molecular weight is 1970 g/mol. The van der Waals surface area contributed by atoms with E-state index in [0.29, 0.717) is 0 Å². The zero-order valence-corrected chi connectivity index (χ0v) is 89.1. The van der Waals surface area contributed by atoms with Gasteiger partial charge in [-0.2, -0.15) is 0 Å². The Balaban J connectivity index is 0.0000000962. The first kappa shape index (κ1) is 93.3. The molecule has 0 heterocycles. The summed E-state index contributed by atoms with van der Waals surface area (Å²) in [5, 5.41) is 0. The van der Waals surface area contributed by atoms with Crippen LogP contribution in [0.15, 0.2) is 380 Å². The van der Waals surface area contributed by atoms with E-state index in [1.807, 2.05) is 0 Å². The summed E-state index contributed by atoms with van der Waals surface area (Å²) in [6.45, 7) is 0. The first-order valence-electron chi connectivity index (χ1n) is 59.3. The fraction of sp³-hybridized carbons (Fsp3) is 0.486. The second-order valence-electron chi connectivity index (χ2n) is 50.4. The van der Waals surface area contributed by atoms with Crippen molar-refractivity contribution in [1.82, 2.24) is 0 Å². The SMILES string of the molecule is c1cc([S+](c2ccc(C3CC4CC3C3CCCC43)cc2)c2ccc(C3CC4CC3C3CCCC43)cc2)ccc1C1CC2CC1C1CCCC21.c1ccc([S+](c2ccc(C3CC4CC3C3CCCC43)cc2)c2ccc(C3CC4CC3C3CCCC43)cc2)cc1.c1ccc([S+](c2ccccc2)c2ccc(C3CC4CC3C3CCCC43)cc2)cc1.c1ccc([S+](c2ccccc2)c2ccc(C3CCCCCCC3)cc2)cc1. The summed E-state index contributed by atoms with van der Waals surface area (Å²) < 4.78 is 0. The molecule has 0 radical (unpaired) electrons. The third-order valence-electron chi connectivity index (χ3n) is 44.4. The third-order valence-corrected chi connectivity index (χ3v) is 53.3. The molecule has 12 aromatic rings. The molecule has 12 aromatic carbocycles. The van der Waals surface area contributed by atoms with Gasteiger partial charge in [-0.15, -0.1) is 0 Å². The highest BCUT2D eigenvalue weighted by atomic mass is 32.2. The summed E-state index contributed by atoms with van der Waals surface area (Å²) >= 11 is 0. The summed E-state index contributed by atoms with van der Waals surface area (Å²) in [4.78, 5) is 17.4. The number of rotatable bonds is 19. The summed E-state index contributed by atoms with van der Waals surface area (Å²) in [5.74, 6) is 30.4. The van der Waals surface area contributed by atoms with Crippen LogP contribution in [0, 0.1) is 142 Å². The Hall–Kier alpha value is -7.96. The summed E-state index contributed by atoms with van der Waals surface area (Å²) in [6.07, 6.45) is 54.9. The van der Waals surface area contributed by atoms with Crippen LogP contribution in [0.1, 0.15) is 318 Å². The zero-order valence-electron chi connectivity index (χ0n) is 85.8. The van der Waals surface area contributed by atoms with Crippen molar-refractivity contribution in [3.05, 3.63) is 360 Å². The Bertz CT molecular complexity index is 5950. The van der Waals surface area contributed by atoms with Gasteiger partial charge in [-0.25, -0.2) is 0 Å². The van der Waals surface area contributed by atoms with E-state index < -0.39 is 0 Å². The summed E-state index contributed by atoms with van der Waals surface area (Å²) in [5.41, 5.74) is 11.4. The van der Waals surface area contributed by atoms with Gasteiger partial charge in [0.1, 0.15) is 0 Å². The van der Waals surface area contributed by atoms with Gasteiger partial charge in [0.15, 0.2) is 58.7 Å². The Kier molecular flexibility index (Phi) is 26.4. The Morgan fingerprint density at radius 2 is 0.271 bits per heavy atom. The zero-order chi connectivity index (χ0) is 94.8. The van der Waals surface area contributed by atoms with E-state index in [1.165, 1.54) is 296 Å². The van der Waals surface area contributed by atoms with Gasteiger partial charge in [0.25, 0.3) is 0 Å². The van der Waals surface area contributed by atoms with E-state index in [9.17, 15) is 0 Å². The molecule has 30 atom stereocenters. The van der Waals surface area contributed by atoms with Crippen LogP contribution in [0.3, 0.4) is 0 Å². The lowest BCUT2D eigenvalue weighted by Crippen LogP contribution is -2.23. The molecule has 0 nitrogen and oxygen atoms in total. The van der Waals surface area contributed by atoms with Gasteiger partial charge < -0.3 is 0 Å². The molecule has 30 unspecified atom stereocenters. The first-order valence-corrected chi connectivity index (χ1v) is 64.2. The predicted octanol–water partition coefficient (Wildman–Crippen LogP) is 37.2. The average Bonchev–Trinajstić information content (AvgIpc) is 1.61. The van der Waals surface area contributed by atoms with Gasteiger partial charge in [0, 0.05) is 0 Å². The normalized spacial score (nSPS) is 35.5. The van der Waals surface area contributed by atoms with Gasteiger partial charge in [0.2, 0.25) is 0 Å². The molecule has 19 aliphatic rings. The van der Waals surface area contributed by atoms with Gasteiger partial charge in [-0.3, -0.25) is 0 Å². The molecule has 12 bridgehead atoms. The van der Waals surface area contributed by atoms with Crippen molar-refractivity contribution >= 4 is 43.6 Å². The minimum absolute atomic E-state index is 0.0305. The maximum atomic E-state index is 2.58. The van der Waals surface area contributed by atoms with E-state index in [4.69, 9.17) is 0 Å². The maximum Gasteiger partial charge on any atom is 0.166 e. The lowest BCUT2D eigenvalue weighted by Gasteiger charge is -2.32. The Morgan fingerprint density at radius 3 is 0.451 bits per heavy atom. The van der Waals surface area contributed by atoms with Crippen molar-refractivity contribution in [2.24, 2.45) is 142 Å². The highest BCUT2D eigenvalue weighted by molar-refractivity contribution is 7.98. The fourth-order valence-corrected chi connectivity index (χ4v) is 47.2. The van der Waals surface area contributed by atoms with E-state index in [-0.39, 0.29) is 43.6 Å². The van der Waals surface area contributed by atoms with Crippen molar-refractivity contribution in [3.63, 3.8) is 0 Å². The van der Waals surface area contributed by atoms with Crippen LogP contribution in [0.4, 0.5) is 0 Å². The molecule has 738 valence electrons. The second-order valence-corrected chi connectivity index (χ2v) is 58.5. The number of benzene rings is 12. The van der Waals surface area contributed by atoms with Crippen LogP contribution in [0.5, 0.6) is 0 Å². The highest BCUT2D eigenvalue weighted by Gasteiger charge is 2.61. The molecule has 31 rings (SSSR count). The Morgan fingerprint density at radius 1 is 0.118 bits per heavy atom. The quantitative estimate of drug-likeness (QED) is 0.0708. The van der Waals surface area contributed by atoms with Gasteiger partial charge in [-0.1, -0.05) is 247 Å². The van der Waals surface area contributed by atoms with E-state index in [1.54, 1.807) is 38.9 Å². The van der Waals surface area contributed by atoms with Crippen LogP contribution in [0.25, 0.3) is 0 Å². The van der Waals surface area contributed by atoms with E-state index in [0.717, 1.165) is 183 Å². The third kappa shape index (κ3) is 17.5. The number of fused-ring (bicyclic) bond motifs is 30. The number of hydrogen-bond acceptors (Lipinski definition) is 0. The monoisotopic (exact) mass is 1970 g/mol. The smallest absolute Gasteiger partial charge is 0.0619 e. The van der Waals surface area contributed by atoms with Crippen molar-refractivity contribution < 1.29 is 0 Å². The summed E-state index contributed by atoms with van der Waals surface area (Å²) in [7, 11) is -0.173. The van der Waals surface area contributed by atoms with Crippen LogP contribution in [0.2, 0.25) is 0 Å². The van der Waals surface area contributed by atoms with Crippen molar-refractivity contribution in [3.8, 4) is 0 Å². The molecule has 0 saturated heterocycles. The lowest BCUT2D eigenvalue weighted by atomic mass is 9.73. The van der Waals surface area contributed by atoms with E-state index in [2.05, 4.69) is 322 Å². The van der Waals surface area contributed by atoms with Gasteiger partial charge >= 0.3 is 0 Å². The fourth-order valence-electron chi connectivity index (χ4n) is 38.9. The molecule has 4 heteroatoms. The molecule has 144 heavy (non-hydrogen) atoms. The Labute approximate surface area is 876 Å². The molecular formula is C140H158S4+4. The lowest BCUT2D eigenvalue weighted by molar-refractivity contribution is 0.232. The minimum Gasteiger partial charge on any atom is -0.0619 e. The standard InChI is InChI=1S/C48H57S.C38H43S.C28H29S.C26H29S/c1-4-37-31-22-43(46(25-31)40(37)7-1)28-10-16-34(17-11-28)49(35-18-12-29(13-19-35)44-23-32-26-47(44)41-8-2-5-38(32)41)36-20-14-30(15-21-36)45-24-33-27-48(45)42-9-3-6-39(33)42;1-2-6-28(7-3-1)39(29-16-12-24(13-17-29)35-20-26-22-37(35)33-10-4-8-31(26)33)30-18-14-25(15-19-30)36-21-27-23-38(36)34-11-5-9-32(27)34;1-3-8-22(9-4-1)29(23-10-5-2-6-11-23)24-16-14-20(15-17-24)27-18-21-19-28(27)26-13-7-12-25(21)26;1-2-6-12-22(13-7-3-1)23-18-20-26(21-19-23)27(24-14-8-4-9-15-24)25-16-10-5-11-17-25/h10-21,31-33,37-48H,1-9,22-27H2;1-3,6-7,12-19,26-27,31-38H,4-5,8-11,20-23H2;1-6,8-11,14-17,21,25-28H,7,12-13,18-19H2;4-5,8-11,14-22H,1-3,6-7,12-13H2/q4*+1. The van der Waals surface area contributed by atoms with Crippen molar-refractivity contribution in [1.29, 1.82) is 0 Å². The molecule has 0 aliphatic heterocycles. The van der Waals surface area contributed by atoms with Crippen molar-refractivity contribution in [2.45, 2.75) is 338 Å². The molecule has 19 aliphatic carbocycles. The van der Waals surface area contributed by atoms with Crippen molar-refractivity contribution in [2.75, 3.05) is 0 Å². The largest absolute Gasteiger partial charge is 0.166 e. The van der Waals surface area contributed by atoms with Crippen LogP contribution < -0.4 is 0 Å². The number of hydrogen-bond donors (Lipinski definition) is 0. The molecule has 0 spiro atoms. The minimum atomic E-state index is -0.0622. The first-order chi connectivity index (χ1) is 71.4. The molecular weight excluding hydrogens is 1810 g/mol. The van der Waals surface area contributed by atoms with Gasteiger partial charge in [0.05, 0.1) is 43.6 Å². The molecule has 19 saturated carbocycles. The van der Waals surface area contributed by atoms with Crippen LogP contribution >= 0.6 is 0 Å². The van der Waals surface area contributed by atoms with Crippen LogP contribution in [-0.2, 0) is 43.6 Å². The molecule has 19 fully saturated rings. The predicted molar refractivity (Wildman–Crippen MR) is 600 cm³/mol. The maximum absolute atomic E-state index is 2.58. The van der Waals surface area contributed by atoms with Gasteiger partial charge in [-0.05, 0) is 535 Å². The highest BCUT2D eigenvalue weighted by Crippen LogP contribution is 2.70. The van der Waals surface area contributed by atoms with Crippen LogP contribution in [-0.4, -0.2) is 0 Å².